The number of rotatable bonds is 4. The molecule has 0 aliphatic carbocycles. The Bertz CT molecular complexity index is 356. The highest BCUT2D eigenvalue weighted by Crippen LogP contribution is 2.10. The first-order valence-electron chi connectivity index (χ1n) is 6.76. The minimum atomic E-state index is 0.132. The van der Waals surface area contributed by atoms with Crippen LogP contribution in [-0.4, -0.2) is 30.5 Å². The maximum Gasteiger partial charge on any atom is 0.248 e. The zero-order chi connectivity index (χ0) is 12.6. The summed E-state index contributed by atoms with van der Waals surface area (Å²) in [7, 11) is 0. The summed E-state index contributed by atoms with van der Waals surface area (Å²) in [5, 5.41) is 0. The van der Waals surface area contributed by atoms with Crippen LogP contribution in [0.1, 0.15) is 31.2 Å². The number of hydrogen-bond acceptors (Lipinski definition) is 2. The summed E-state index contributed by atoms with van der Waals surface area (Å²) in [5.41, 5.74) is 1.11. The van der Waals surface area contributed by atoms with Gasteiger partial charge < -0.3 is 9.64 Å². The van der Waals surface area contributed by atoms with Gasteiger partial charge in [-0.1, -0.05) is 43.2 Å². The Morgan fingerprint density at radius 1 is 1.06 bits per heavy atom. The fourth-order valence-electron chi connectivity index (χ4n) is 2.24. The van der Waals surface area contributed by atoms with Crippen molar-refractivity contribution in [3.05, 3.63) is 35.9 Å². The van der Waals surface area contributed by atoms with Crippen molar-refractivity contribution in [3.63, 3.8) is 0 Å². The van der Waals surface area contributed by atoms with Crippen LogP contribution in [0, 0.1) is 0 Å². The molecule has 1 amide bonds. The average molecular weight is 247 g/mol. The predicted octanol–water partition coefficient (Wildman–Crippen LogP) is 2.61. The van der Waals surface area contributed by atoms with E-state index in [0.29, 0.717) is 6.61 Å². The van der Waals surface area contributed by atoms with E-state index in [0.717, 1.165) is 31.5 Å². The van der Waals surface area contributed by atoms with Gasteiger partial charge >= 0.3 is 0 Å². The van der Waals surface area contributed by atoms with Crippen LogP contribution in [-0.2, 0) is 16.1 Å². The molecule has 1 aliphatic heterocycles. The summed E-state index contributed by atoms with van der Waals surface area (Å²) >= 11 is 0. The van der Waals surface area contributed by atoms with Crippen LogP contribution in [0.25, 0.3) is 0 Å². The van der Waals surface area contributed by atoms with E-state index in [4.69, 9.17) is 4.74 Å². The van der Waals surface area contributed by atoms with Gasteiger partial charge in [0, 0.05) is 13.1 Å². The summed E-state index contributed by atoms with van der Waals surface area (Å²) in [6, 6.07) is 9.96. The lowest BCUT2D eigenvalue weighted by molar-refractivity contribution is -0.136. The monoisotopic (exact) mass is 247 g/mol. The van der Waals surface area contributed by atoms with Gasteiger partial charge in [0.1, 0.15) is 6.61 Å². The van der Waals surface area contributed by atoms with Crippen LogP contribution >= 0.6 is 0 Å². The SMILES string of the molecule is O=C(COCc1ccccc1)N1CCCCCC1. The summed E-state index contributed by atoms with van der Waals surface area (Å²) in [4.78, 5) is 13.9. The number of nitrogens with zero attached hydrogens (tertiary/aromatic N) is 1. The molecule has 0 atom stereocenters. The molecule has 0 unspecified atom stereocenters. The van der Waals surface area contributed by atoms with E-state index in [2.05, 4.69) is 0 Å². The Hall–Kier alpha value is -1.35. The third-order valence-corrected chi connectivity index (χ3v) is 3.30. The first kappa shape index (κ1) is 13.1. The van der Waals surface area contributed by atoms with E-state index in [9.17, 15) is 4.79 Å². The molecule has 0 N–H and O–H groups in total. The number of likely N-dealkylation sites (tertiary alicyclic amines) is 1. The standard InChI is InChI=1S/C15H21NO2/c17-15(16-10-6-1-2-7-11-16)13-18-12-14-8-4-3-5-9-14/h3-5,8-9H,1-2,6-7,10-13H2. The Morgan fingerprint density at radius 3 is 2.39 bits per heavy atom. The van der Waals surface area contributed by atoms with Crippen molar-refractivity contribution in [2.45, 2.75) is 32.3 Å². The molecule has 0 saturated carbocycles. The van der Waals surface area contributed by atoms with Gasteiger partial charge in [-0.15, -0.1) is 0 Å². The van der Waals surface area contributed by atoms with Crippen molar-refractivity contribution in [3.8, 4) is 0 Å². The minimum Gasteiger partial charge on any atom is -0.367 e. The molecule has 0 radical (unpaired) electrons. The largest absolute Gasteiger partial charge is 0.367 e. The highest BCUT2D eigenvalue weighted by molar-refractivity contribution is 5.77. The van der Waals surface area contributed by atoms with Crippen molar-refractivity contribution in [2.24, 2.45) is 0 Å². The van der Waals surface area contributed by atoms with E-state index in [1.807, 2.05) is 35.2 Å². The van der Waals surface area contributed by atoms with Crippen LogP contribution < -0.4 is 0 Å². The Kier molecular flexibility index (Phi) is 5.21. The molecule has 1 fully saturated rings. The molecule has 0 bridgehead atoms. The quantitative estimate of drug-likeness (QED) is 0.818. The number of carbonyl (C=O) groups excluding carboxylic acids is 1. The number of amides is 1. The summed E-state index contributed by atoms with van der Waals surface area (Å²) in [5.74, 6) is 0.132. The van der Waals surface area contributed by atoms with Gasteiger partial charge in [-0.05, 0) is 18.4 Å². The molecular formula is C15H21NO2. The second-order valence-corrected chi connectivity index (χ2v) is 4.77. The first-order chi connectivity index (χ1) is 8.86. The summed E-state index contributed by atoms with van der Waals surface area (Å²) < 4.78 is 5.48. The van der Waals surface area contributed by atoms with Gasteiger partial charge in [-0.2, -0.15) is 0 Å². The van der Waals surface area contributed by atoms with Crippen LogP contribution in [0.3, 0.4) is 0 Å². The maximum atomic E-state index is 11.9. The third-order valence-electron chi connectivity index (χ3n) is 3.30. The number of hydrogen-bond donors (Lipinski definition) is 0. The van der Waals surface area contributed by atoms with E-state index in [1.165, 1.54) is 12.8 Å². The minimum absolute atomic E-state index is 0.132. The Morgan fingerprint density at radius 2 is 1.72 bits per heavy atom. The molecule has 1 aromatic rings. The first-order valence-corrected chi connectivity index (χ1v) is 6.76. The van der Waals surface area contributed by atoms with E-state index >= 15 is 0 Å². The van der Waals surface area contributed by atoms with Crippen LogP contribution in [0.5, 0.6) is 0 Å². The molecule has 3 heteroatoms. The molecule has 1 heterocycles. The maximum absolute atomic E-state index is 11.9. The van der Waals surface area contributed by atoms with Gasteiger partial charge in [0.25, 0.3) is 0 Å². The molecule has 0 aromatic heterocycles. The Labute approximate surface area is 109 Å². The molecule has 1 aromatic carbocycles. The highest BCUT2D eigenvalue weighted by atomic mass is 16.5. The summed E-state index contributed by atoms with van der Waals surface area (Å²) in [6.07, 6.45) is 4.75. The topological polar surface area (TPSA) is 29.5 Å². The normalized spacial score (nSPS) is 16.3. The lowest BCUT2D eigenvalue weighted by Gasteiger charge is -2.20. The molecule has 2 rings (SSSR count). The predicted molar refractivity (Wildman–Crippen MR) is 71.1 cm³/mol. The van der Waals surface area contributed by atoms with Gasteiger partial charge in [-0.25, -0.2) is 0 Å². The van der Waals surface area contributed by atoms with Crippen LogP contribution in [0.2, 0.25) is 0 Å². The zero-order valence-electron chi connectivity index (χ0n) is 10.8. The fourth-order valence-corrected chi connectivity index (χ4v) is 2.24. The molecule has 98 valence electrons. The lowest BCUT2D eigenvalue weighted by Crippen LogP contribution is -2.34. The Balaban J connectivity index is 1.71. The van der Waals surface area contributed by atoms with E-state index in [1.54, 1.807) is 0 Å². The lowest BCUT2D eigenvalue weighted by atomic mass is 10.2. The van der Waals surface area contributed by atoms with E-state index < -0.39 is 0 Å². The van der Waals surface area contributed by atoms with E-state index in [-0.39, 0.29) is 12.5 Å². The zero-order valence-corrected chi connectivity index (χ0v) is 10.8. The van der Waals surface area contributed by atoms with Crippen molar-refractivity contribution in [1.29, 1.82) is 0 Å². The van der Waals surface area contributed by atoms with Crippen molar-refractivity contribution in [2.75, 3.05) is 19.7 Å². The molecule has 1 saturated heterocycles. The fraction of sp³-hybridized carbons (Fsp3) is 0.533. The van der Waals surface area contributed by atoms with Gasteiger partial charge in [0.15, 0.2) is 0 Å². The van der Waals surface area contributed by atoms with Gasteiger partial charge in [0.05, 0.1) is 6.61 Å². The molecular weight excluding hydrogens is 226 g/mol. The molecule has 18 heavy (non-hydrogen) atoms. The van der Waals surface area contributed by atoms with Gasteiger partial charge in [0.2, 0.25) is 5.91 Å². The third kappa shape index (κ3) is 4.15. The highest BCUT2D eigenvalue weighted by Gasteiger charge is 2.15. The second-order valence-electron chi connectivity index (χ2n) is 4.77. The number of benzene rings is 1. The molecule has 0 spiro atoms. The number of ether oxygens (including phenoxy) is 1. The average Bonchev–Trinajstić information content (AvgIpc) is 2.69. The smallest absolute Gasteiger partial charge is 0.248 e. The van der Waals surface area contributed by atoms with Crippen LogP contribution in [0.15, 0.2) is 30.3 Å². The van der Waals surface area contributed by atoms with Crippen LogP contribution in [0.4, 0.5) is 0 Å². The van der Waals surface area contributed by atoms with Crippen molar-refractivity contribution in [1.82, 2.24) is 4.90 Å². The van der Waals surface area contributed by atoms with Crippen molar-refractivity contribution >= 4 is 5.91 Å². The summed E-state index contributed by atoms with van der Waals surface area (Å²) in [6.45, 7) is 2.51. The number of carbonyl (C=O) groups is 1. The molecule has 1 aliphatic rings. The second kappa shape index (κ2) is 7.17. The van der Waals surface area contributed by atoms with Gasteiger partial charge in [-0.3, -0.25) is 4.79 Å². The van der Waals surface area contributed by atoms with Crippen molar-refractivity contribution < 1.29 is 9.53 Å². The molecule has 3 nitrogen and oxygen atoms in total.